The summed E-state index contributed by atoms with van der Waals surface area (Å²) in [6.07, 6.45) is 2.99. The van der Waals surface area contributed by atoms with E-state index in [9.17, 15) is 4.79 Å². The summed E-state index contributed by atoms with van der Waals surface area (Å²) >= 11 is 5.99. The molecule has 5 heteroatoms. The Kier molecular flexibility index (Phi) is 4.19. The van der Waals surface area contributed by atoms with Gasteiger partial charge < -0.3 is 10.6 Å². The zero-order valence-corrected chi connectivity index (χ0v) is 10.6. The molecule has 1 heterocycles. The second-order valence-electron chi connectivity index (χ2n) is 4.30. The molecule has 18 heavy (non-hydrogen) atoms. The minimum absolute atomic E-state index is 0.0910. The number of halogens is 1. The van der Waals surface area contributed by atoms with E-state index < -0.39 is 0 Å². The average molecular weight is 264 g/mol. The van der Waals surface area contributed by atoms with Gasteiger partial charge in [0, 0.05) is 0 Å². The van der Waals surface area contributed by atoms with Crippen molar-refractivity contribution >= 4 is 23.2 Å². The van der Waals surface area contributed by atoms with E-state index in [-0.39, 0.29) is 11.9 Å². The Morgan fingerprint density at radius 2 is 2.33 bits per heavy atom. The van der Waals surface area contributed by atoms with Gasteiger partial charge in [-0.2, -0.15) is 5.26 Å². The second-order valence-corrected chi connectivity index (χ2v) is 4.71. The molecule has 1 aliphatic rings. The molecule has 2 N–H and O–H groups in total. The molecule has 1 aromatic carbocycles. The molecule has 0 unspecified atom stereocenters. The maximum atomic E-state index is 12.0. The minimum Gasteiger partial charge on any atom is -0.323 e. The van der Waals surface area contributed by atoms with Gasteiger partial charge in [0.05, 0.1) is 28.4 Å². The fourth-order valence-corrected chi connectivity index (χ4v) is 2.15. The van der Waals surface area contributed by atoms with E-state index >= 15 is 0 Å². The van der Waals surface area contributed by atoms with Crippen LogP contribution in [0.1, 0.15) is 24.8 Å². The first-order chi connectivity index (χ1) is 8.70. The normalized spacial score (nSPS) is 19.0. The van der Waals surface area contributed by atoms with Crippen LogP contribution in [0.25, 0.3) is 0 Å². The molecular weight excluding hydrogens is 250 g/mol. The Morgan fingerprint density at radius 1 is 1.50 bits per heavy atom. The maximum Gasteiger partial charge on any atom is 0.241 e. The lowest BCUT2D eigenvalue weighted by atomic mass is 10.0. The van der Waals surface area contributed by atoms with Gasteiger partial charge in [-0.25, -0.2) is 0 Å². The van der Waals surface area contributed by atoms with Crippen LogP contribution < -0.4 is 10.6 Å². The van der Waals surface area contributed by atoms with Gasteiger partial charge in [0.15, 0.2) is 0 Å². The topological polar surface area (TPSA) is 64.9 Å². The number of amides is 1. The summed E-state index contributed by atoms with van der Waals surface area (Å²) in [7, 11) is 0. The first kappa shape index (κ1) is 12.9. The molecule has 1 aliphatic heterocycles. The predicted molar refractivity (Wildman–Crippen MR) is 70.4 cm³/mol. The summed E-state index contributed by atoms with van der Waals surface area (Å²) in [5.74, 6) is -0.0910. The first-order valence-corrected chi connectivity index (χ1v) is 6.32. The summed E-state index contributed by atoms with van der Waals surface area (Å²) in [5.41, 5.74) is 0.972. The number of hydrogen-bond acceptors (Lipinski definition) is 3. The molecule has 0 aromatic heterocycles. The van der Waals surface area contributed by atoms with Gasteiger partial charge in [-0.1, -0.05) is 18.0 Å². The number of benzene rings is 1. The van der Waals surface area contributed by atoms with E-state index in [4.69, 9.17) is 16.9 Å². The fraction of sp³-hybridized carbons (Fsp3) is 0.385. The fourth-order valence-electron chi connectivity index (χ4n) is 1.99. The third kappa shape index (κ3) is 3.00. The highest BCUT2D eigenvalue weighted by Crippen LogP contribution is 2.23. The number of anilines is 1. The van der Waals surface area contributed by atoms with E-state index in [0.29, 0.717) is 16.3 Å². The van der Waals surface area contributed by atoms with Crippen molar-refractivity contribution in [3.63, 3.8) is 0 Å². The van der Waals surface area contributed by atoms with Gasteiger partial charge in [-0.15, -0.1) is 0 Å². The number of nitriles is 1. The summed E-state index contributed by atoms with van der Waals surface area (Å²) in [6.45, 7) is 0.865. The molecule has 1 fully saturated rings. The number of rotatable bonds is 2. The van der Waals surface area contributed by atoms with E-state index in [2.05, 4.69) is 10.6 Å². The Hall–Kier alpha value is -1.57. The highest BCUT2D eigenvalue weighted by atomic mass is 35.5. The van der Waals surface area contributed by atoms with Gasteiger partial charge in [-0.3, -0.25) is 4.79 Å². The van der Waals surface area contributed by atoms with Crippen LogP contribution >= 0.6 is 11.6 Å². The highest BCUT2D eigenvalue weighted by Gasteiger charge is 2.21. The van der Waals surface area contributed by atoms with Crippen molar-refractivity contribution in [3.8, 4) is 6.07 Å². The molecule has 94 valence electrons. The van der Waals surface area contributed by atoms with Crippen LogP contribution in [-0.2, 0) is 4.79 Å². The van der Waals surface area contributed by atoms with Crippen LogP contribution in [0.15, 0.2) is 18.2 Å². The number of nitrogens with zero attached hydrogens (tertiary/aromatic N) is 1. The van der Waals surface area contributed by atoms with Crippen LogP contribution in [0.3, 0.4) is 0 Å². The van der Waals surface area contributed by atoms with Crippen molar-refractivity contribution in [1.29, 1.82) is 5.26 Å². The van der Waals surface area contributed by atoms with E-state index in [0.717, 1.165) is 25.8 Å². The molecule has 4 nitrogen and oxygen atoms in total. The van der Waals surface area contributed by atoms with Gasteiger partial charge in [0.1, 0.15) is 0 Å². The number of carbonyl (C=O) groups excluding carboxylic acids is 1. The number of piperidine rings is 1. The quantitative estimate of drug-likeness (QED) is 0.860. The van der Waals surface area contributed by atoms with Crippen molar-refractivity contribution in [2.75, 3.05) is 11.9 Å². The second kappa shape index (κ2) is 5.85. The smallest absolute Gasteiger partial charge is 0.241 e. The summed E-state index contributed by atoms with van der Waals surface area (Å²) in [5, 5.41) is 15.2. The third-order valence-electron chi connectivity index (χ3n) is 2.98. The van der Waals surface area contributed by atoms with Crippen LogP contribution in [0, 0.1) is 11.3 Å². The SMILES string of the molecule is N#Cc1ccc(Cl)c(NC(=O)[C@H]2CCCCN2)c1. The molecule has 0 saturated carbocycles. The minimum atomic E-state index is -0.166. The van der Waals surface area contributed by atoms with Crippen molar-refractivity contribution in [3.05, 3.63) is 28.8 Å². The molecule has 0 aliphatic carbocycles. The van der Waals surface area contributed by atoms with E-state index in [1.54, 1.807) is 18.2 Å². The molecule has 1 atom stereocenters. The monoisotopic (exact) mass is 263 g/mol. The van der Waals surface area contributed by atoms with Crippen molar-refractivity contribution < 1.29 is 4.79 Å². The molecule has 1 saturated heterocycles. The van der Waals surface area contributed by atoms with Crippen molar-refractivity contribution in [2.45, 2.75) is 25.3 Å². The number of nitrogens with one attached hydrogen (secondary N) is 2. The first-order valence-electron chi connectivity index (χ1n) is 5.94. The lowest BCUT2D eigenvalue weighted by Crippen LogP contribution is -2.43. The van der Waals surface area contributed by atoms with E-state index in [1.807, 2.05) is 6.07 Å². The van der Waals surface area contributed by atoms with Crippen LogP contribution in [0.2, 0.25) is 5.02 Å². The molecule has 1 amide bonds. The standard InChI is InChI=1S/C13H14ClN3O/c14-10-5-4-9(8-15)7-12(10)17-13(18)11-3-1-2-6-16-11/h4-5,7,11,16H,1-3,6H2,(H,17,18)/t11-/m1/s1. The molecule has 0 radical (unpaired) electrons. The largest absolute Gasteiger partial charge is 0.323 e. The molecular formula is C13H14ClN3O. The van der Waals surface area contributed by atoms with Crippen LogP contribution in [-0.4, -0.2) is 18.5 Å². The van der Waals surface area contributed by atoms with Crippen LogP contribution in [0.5, 0.6) is 0 Å². The van der Waals surface area contributed by atoms with Gasteiger partial charge in [0.25, 0.3) is 0 Å². The van der Waals surface area contributed by atoms with E-state index in [1.165, 1.54) is 0 Å². The zero-order chi connectivity index (χ0) is 13.0. The van der Waals surface area contributed by atoms with Crippen molar-refractivity contribution in [2.24, 2.45) is 0 Å². The molecule has 0 spiro atoms. The maximum absolute atomic E-state index is 12.0. The summed E-state index contributed by atoms with van der Waals surface area (Å²) in [4.78, 5) is 12.0. The zero-order valence-electron chi connectivity index (χ0n) is 9.87. The average Bonchev–Trinajstić information content (AvgIpc) is 2.42. The summed E-state index contributed by atoms with van der Waals surface area (Å²) < 4.78 is 0. The Balaban J connectivity index is 2.08. The molecule has 1 aromatic rings. The molecule has 2 rings (SSSR count). The summed E-state index contributed by atoms with van der Waals surface area (Å²) in [6, 6.07) is 6.68. The van der Waals surface area contributed by atoms with Gasteiger partial charge >= 0.3 is 0 Å². The lowest BCUT2D eigenvalue weighted by molar-refractivity contribution is -0.118. The Bertz CT molecular complexity index is 489. The van der Waals surface area contributed by atoms with Gasteiger partial charge in [0.2, 0.25) is 5.91 Å². The molecule has 0 bridgehead atoms. The predicted octanol–water partition coefficient (Wildman–Crippen LogP) is 2.29. The third-order valence-corrected chi connectivity index (χ3v) is 3.31. The lowest BCUT2D eigenvalue weighted by Gasteiger charge is -2.22. The Morgan fingerprint density at radius 3 is 3.00 bits per heavy atom. The van der Waals surface area contributed by atoms with Gasteiger partial charge in [-0.05, 0) is 37.6 Å². The number of carbonyl (C=O) groups is 1. The van der Waals surface area contributed by atoms with Crippen LogP contribution in [0.4, 0.5) is 5.69 Å². The highest BCUT2D eigenvalue weighted by molar-refractivity contribution is 6.33. The van der Waals surface area contributed by atoms with Crippen molar-refractivity contribution in [1.82, 2.24) is 5.32 Å². The number of hydrogen-bond donors (Lipinski definition) is 2. The Labute approximate surface area is 111 Å².